The van der Waals surface area contributed by atoms with E-state index < -0.39 is 31.5 Å². The molecule has 0 spiro atoms. The third kappa shape index (κ3) is 7.72. The number of hydrogen-bond donors (Lipinski definition) is 0. The number of carbonyl (C=O) groups is 2. The fourth-order valence-corrected chi connectivity index (χ4v) is 5.72. The van der Waals surface area contributed by atoms with Crippen LogP contribution in [0.15, 0.2) is 33.1 Å². The summed E-state index contributed by atoms with van der Waals surface area (Å²) in [5, 5.41) is 0.932. The maximum atomic E-state index is 13.7. The molecule has 0 aliphatic carbocycles. The third-order valence-electron chi connectivity index (χ3n) is 7.93. The first kappa shape index (κ1) is 35.7. The van der Waals surface area contributed by atoms with Gasteiger partial charge in [-0.1, -0.05) is 20.8 Å². The van der Waals surface area contributed by atoms with Crippen molar-refractivity contribution in [3.8, 4) is 23.0 Å². The SMILES string of the molecule is COc1cc2oc(C)c(C(=O)OC(C)(C)C)c2cc1OCc1oc2cc(OC)c(O[Si](C)(C)C(C)(C)C)cc2c1C(=O)OC(C)(C)C. The lowest BCUT2D eigenvalue weighted by atomic mass is 10.1. The molecule has 4 rings (SSSR count). The van der Waals surface area contributed by atoms with E-state index in [1.807, 2.05) is 0 Å². The molecule has 11 heteroatoms. The number of aryl methyl sites for hydroxylation is 1. The summed E-state index contributed by atoms with van der Waals surface area (Å²) in [4.78, 5) is 26.8. The molecule has 0 saturated heterocycles. The number of furan rings is 2. The molecule has 0 amide bonds. The first-order chi connectivity index (χ1) is 21.5. The van der Waals surface area contributed by atoms with E-state index in [-0.39, 0.29) is 23.0 Å². The topological polar surface area (TPSA) is 116 Å². The molecule has 0 atom stereocenters. The normalized spacial score (nSPS) is 12.7. The zero-order chi connectivity index (χ0) is 35.3. The molecule has 0 radical (unpaired) electrons. The van der Waals surface area contributed by atoms with Crippen molar-refractivity contribution in [3.63, 3.8) is 0 Å². The molecule has 2 aromatic heterocycles. The number of ether oxygens (including phenoxy) is 5. The maximum Gasteiger partial charge on any atom is 0.343 e. The van der Waals surface area contributed by atoms with Gasteiger partial charge in [0.15, 0.2) is 23.0 Å². The van der Waals surface area contributed by atoms with Crippen LogP contribution in [0, 0.1) is 6.92 Å². The van der Waals surface area contributed by atoms with E-state index in [2.05, 4.69) is 33.9 Å². The lowest BCUT2D eigenvalue weighted by Gasteiger charge is -2.36. The molecule has 256 valence electrons. The van der Waals surface area contributed by atoms with Crippen molar-refractivity contribution >= 4 is 42.2 Å². The number of fused-ring (bicyclic) bond motifs is 2. The van der Waals surface area contributed by atoms with Gasteiger partial charge < -0.3 is 36.9 Å². The predicted molar refractivity (Wildman–Crippen MR) is 183 cm³/mol. The highest BCUT2D eigenvalue weighted by atomic mass is 28.4. The Bertz CT molecular complexity index is 1810. The van der Waals surface area contributed by atoms with Crippen LogP contribution in [0.2, 0.25) is 18.1 Å². The maximum absolute atomic E-state index is 13.7. The minimum Gasteiger partial charge on any atom is -0.541 e. The lowest BCUT2D eigenvalue weighted by molar-refractivity contribution is 0.00555. The number of esters is 2. The van der Waals surface area contributed by atoms with E-state index in [0.29, 0.717) is 56.3 Å². The molecule has 2 heterocycles. The standard InChI is InChI=1S/C36H48O10Si/c1-20-30(32(37)44-34(2,3)4)21-15-27(25(39-11)17-23(21)42-20)41-19-29-31(33(38)45-35(5,6)7)22-16-28(26(40-12)18-24(22)43-29)46-47(13,14)36(8,9)10/h15-18H,19H2,1-14H3. The summed E-state index contributed by atoms with van der Waals surface area (Å²) in [7, 11) is 0.785. The Labute approximate surface area is 277 Å². The highest BCUT2D eigenvalue weighted by Crippen LogP contribution is 2.44. The zero-order valence-electron chi connectivity index (χ0n) is 30.1. The van der Waals surface area contributed by atoms with Gasteiger partial charge in [-0.05, 0) is 78.7 Å². The molecule has 0 bridgehead atoms. The van der Waals surface area contributed by atoms with Gasteiger partial charge in [0.2, 0.25) is 0 Å². The fraction of sp³-hybridized carbons (Fsp3) is 0.500. The van der Waals surface area contributed by atoms with Gasteiger partial charge >= 0.3 is 11.9 Å². The van der Waals surface area contributed by atoms with Gasteiger partial charge in [-0.3, -0.25) is 0 Å². The first-order valence-electron chi connectivity index (χ1n) is 15.6. The Morgan fingerprint density at radius 2 is 1.15 bits per heavy atom. The van der Waals surface area contributed by atoms with Gasteiger partial charge in [0.1, 0.15) is 51.6 Å². The van der Waals surface area contributed by atoms with Gasteiger partial charge in [0, 0.05) is 22.9 Å². The summed E-state index contributed by atoms with van der Waals surface area (Å²) in [5.41, 5.74) is -0.113. The molecule has 4 aromatic rings. The summed E-state index contributed by atoms with van der Waals surface area (Å²) < 4.78 is 47.8. The number of rotatable bonds is 9. The third-order valence-corrected chi connectivity index (χ3v) is 12.3. The van der Waals surface area contributed by atoms with Crippen molar-refractivity contribution in [2.75, 3.05) is 14.2 Å². The fourth-order valence-electron chi connectivity index (χ4n) is 4.70. The quantitative estimate of drug-likeness (QED) is 0.126. The molecule has 47 heavy (non-hydrogen) atoms. The highest BCUT2D eigenvalue weighted by molar-refractivity contribution is 6.74. The Morgan fingerprint density at radius 3 is 1.66 bits per heavy atom. The minimum atomic E-state index is -2.28. The molecular formula is C36H48O10Si. The van der Waals surface area contributed by atoms with Gasteiger partial charge in [-0.25, -0.2) is 9.59 Å². The molecular weight excluding hydrogens is 620 g/mol. The van der Waals surface area contributed by atoms with Gasteiger partial charge in [0.05, 0.1) is 14.2 Å². The van der Waals surface area contributed by atoms with E-state index in [1.165, 1.54) is 7.11 Å². The van der Waals surface area contributed by atoms with Crippen molar-refractivity contribution in [1.29, 1.82) is 0 Å². The van der Waals surface area contributed by atoms with Crippen LogP contribution in [0.25, 0.3) is 21.9 Å². The number of carbonyl (C=O) groups excluding carboxylic acids is 2. The number of hydrogen-bond acceptors (Lipinski definition) is 10. The molecule has 2 aromatic carbocycles. The molecule has 0 aliphatic heterocycles. The zero-order valence-corrected chi connectivity index (χ0v) is 31.1. The van der Waals surface area contributed by atoms with Crippen LogP contribution < -0.4 is 18.6 Å². The van der Waals surface area contributed by atoms with Crippen molar-refractivity contribution in [2.24, 2.45) is 0 Å². The monoisotopic (exact) mass is 668 g/mol. The first-order valence-corrected chi connectivity index (χ1v) is 18.5. The van der Waals surface area contributed by atoms with Crippen LogP contribution in [0.4, 0.5) is 0 Å². The van der Waals surface area contributed by atoms with Gasteiger partial charge in [0.25, 0.3) is 8.32 Å². The highest BCUT2D eigenvalue weighted by Gasteiger charge is 2.40. The molecule has 0 fully saturated rings. The van der Waals surface area contributed by atoms with Crippen LogP contribution in [-0.4, -0.2) is 45.7 Å². The lowest BCUT2D eigenvalue weighted by Crippen LogP contribution is -2.43. The Balaban J connectivity index is 1.82. The summed E-state index contributed by atoms with van der Waals surface area (Å²) in [5.74, 6) is 1.22. The predicted octanol–water partition coefficient (Wildman–Crippen LogP) is 9.38. The average Bonchev–Trinajstić information content (AvgIpc) is 3.43. The van der Waals surface area contributed by atoms with Crippen molar-refractivity contribution < 1.29 is 46.5 Å². The van der Waals surface area contributed by atoms with Crippen LogP contribution >= 0.6 is 0 Å². The molecule has 0 unspecified atom stereocenters. The Morgan fingerprint density at radius 1 is 0.681 bits per heavy atom. The average molecular weight is 669 g/mol. The van der Waals surface area contributed by atoms with E-state index in [1.54, 1.807) is 79.8 Å². The van der Waals surface area contributed by atoms with Crippen molar-refractivity contribution in [2.45, 2.75) is 105 Å². The van der Waals surface area contributed by atoms with Crippen molar-refractivity contribution in [3.05, 3.63) is 46.9 Å². The second-order valence-electron chi connectivity index (χ2n) is 15.1. The van der Waals surface area contributed by atoms with E-state index in [4.69, 9.17) is 36.9 Å². The number of benzene rings is 2. The number of methoxy groups -OCH3 is 2. The summed E-state index contributed by atoms with van der Waals surface area (Å²) in [6, 6.07) is 6.79. The van der Waals surface area contributed by atoms with E-state index in [0.717, 1.165) is 0 Å². The van der Waals surface area contributed by atoms with Gasteiger partial charge in [-0.15, -0.1) is 0 Å². The summed E-state index contributed by atoms with van der Waals surface area (Å²) >= 11 is 0. The van der Waals surface area contributed by atoms with Crippen molar-refractivity contribution in [1.82, 2.24) is 0 Å². The second kappa shape index (κ2) is 12.5. The largest absolute Gasteiger partial charge is 0.541 e. The summed E-state index contributed by atoms with van der Waals surface area (Å²) in [6.45, 7) is 23.1. The molecule has 10 nitrogen and oxygen atoms in total. The molecule has 0 saturated carbocycles. The van der Waals surface area contributed by atoms with Crippen LogP contribution in [0.3, 0.4) is 0 Å². The van der Waals surface area contributed by atoms with Crippen LogP contribution in [0.1, 0.15) is 94.6 Å². The van der Waals surface area contributed by atoms with Gasteiger partial charge in [-0.2, -0.15) is 0 Å². The van der Waals surface area contributed by atoms with Crippen LogP contribution in [-0.2, 0) is 16.1 Å². The molecule has 0 aliphatic rings. The Kier molecular flexibility index (Phi) is 9.49. The smallest absolute Gasteiger partial charge is 0.343 e. The van der Waals surface area contributed by atoms with E-state index in [9.17, 15) is 9.59 Å². The second-order valence-corrected chi connectivity index (χ2v) is 19.8. The summed E-state index contributed by atoms with van der Waals surface area (Å²) in [6.07, 6.45) is 0. The molecule has 0 N–H and O–H groups in total. The van der Waals surface area contributed by atoms with Crippen LogP contribution in [0.5, 0.6) is 23.0 Å². The van der Waals surface area contributed by atoms with E-state index >= 15 is 0 Å². The minimum absolute atomic E-state index is 0.0760. The Hall–Kier alpha value is -4.12.